The van der Waals surface area contributed by atoms with Crippen molar-refractivity contribution in [1.29, 1.82) is 0 Å². The van der Waals surface area contributed by atoms with Crippen molar-refractivity contribution in [1.82, 2.24) is 4.90 Å². The van der Waals surface area contributed by atoms with E-state index in [-0.39, 0.29) is 0 Å². The van der Waals surface area contributed by atoms with E-state index in [9.17, 15) is 0 Å². The van der Waals surface area contributed by atoms with Gasteiger partial charge in [-0.2, -0.15) is 0 Å². The average Bonchev–Trinajstić information content (AvgIpc) is 2.28. The topological polar surface area (TPSA) is 38.5 Å². The maximum Gasteiger partial charge on any atom is 0.0678 e. The molecular formula is C14H22N2O. The molecule has 2 rings (SSSR count). The summed E-state index contributed by atoms with van der Waals surface area (Å²) in [4.78, 5) is 2.45. The fourth-order valence-electron chi connectivity index (χ4n) is 2.57. The van der Waals surface area contributed by atoms with Gasteiger partial charge in [0.2, 0.25) is 0 Å². The van der Waals surface area contributed by atoms with Gasteiger partial charge in [-0.05, 0) is 25.0 Å². The number of rotatable bonds is 3. The number of nitrogens with two attached hydrogens (primary N) is 1. The molecule has 1 aromatic rings. The molecule has 0 aliphatic carbocycles. The summed E-state index contributed by atoms with van der Waals surface area (Å²) < 4.78 is 5.74. The second kappa shape index (κ2) is 5.63. The number of morpholine rings is 1. The first-order chi connectivity index (χ1) is 8.19. The Morgan fingerprint density at radius 3 is 2.35 bits per heavy atom. The molecule has 3 heteroatoms. The molecule has 1 aromatic carbocycles. The van der Waals surface area contributed by atoms with Gasteiger partial charge >= 0.3 is 0 Å². The van der Waals surface area contributed by atoms with E-state index in [1.165, 1.54) is 11.1 Å². The first-order valence-electron chi connectivity index (χ1n) is 6.33. The van der Waals surface area contributed by atoms with Crippen LogP contribution in [0.4, 0.5) is 0 Å². The maximum atomic E-state index is 5.77. The third-order valence-corrected chi connectivity index (χ3v) is 3.23. The predicted octanol–water partition coefficient (Wildman–Crippen LogP) is 1.75. The highest BCUT2D eigenvalue weighted by atomic mass is 16.5. The minimum atomic E-state index is 0.323. The Hall–Kier alpha value is -0.900. The number of hydrogen-bond acceptors (Lipinski definition) is 3. The zero-order chi connectivity index (χ0) is 12.3. The van der Waals surface area contributed by atoms with E-state index in [0.717, 1.165) is 19.6 Å². The molecule has 1 saturated heterocycles. The molecule has 0 bridgehead atoms. The molecule has 0 spiro atoms. The molecule has 3 nitrogen and oxygen atoms in total. The third-order valence-electron chi connectivity index (χ3n) is 3.23. The van der Waals surface area contributed by atoms with Crippen LogP contribution in [0.25, 0.3) is 0 Å². The lowest BCUT2D eigenvalue weighted by Crippen LogP contribution is -2.44. The Balaban J connectivity index is 2.04. The molecule has 0 radical (unpaired) electrons. The molecule has 1 aliphatic heterocycles. The molecule has 0 aromatic heterocycles. The molecule has 0 unspecified atom stereocenters. The third kappa shape index (κ3) is 3.28. The number of ether oxygens (including phenoxy) is 1. The summed E-state index contributed by atoms with van der Waals surface area (Å²) in [6.07, 6.45) is 0.646. The molecule has 1 aliphatic rings. The summed E-state index contributed by atoms with van der Waals surface area (Å²) in [6, 6.07) is 8.42. The van der Waals surface area contributed by atoms with Crippen molar-refractivity contribution in [3.63, 3.8) is 0 Å². The summed E-state index contributed by atoms with van der Waals surface area (Å²) >= 11 is 0. The summed E-state index contributed by atoms with van der Waals surface area (Å²) in [5.41, 5.74) is 8.36. The van der Waals surface area contributed by atoms with Crippen molar-refractivity contribution in [3.05, 3.63) is 35.4 Å². The molecule has 94 valence electrons. The molecule has 17 heavy (non-hydrogen) atoms. The first kappa shape index (κ1) is 12.6. The van der Waals surface area contributed by atoms with Gasteiger partial charge in [-0.3, -0.25) is 4.90 Å². The van der Waals surface area contributed by atoms with Crippen LogP contribution in [0.5, 0.6) is 0 Å². The molecule has 0 saturated carbocycles. The van der Waals surface area contributed by atoms with Crippen LogP contribution in [0.15, 0.2) is 24.3 Å². The first-order valence-corrected chi connectivity index (χ1v) is 6.33. The summed E-state index contributed by atoms with van der Waals surface area (Å²) in [7, 11) is 0. The normalized spacial score (nSPS) is 26.1. The van der Waals surface area contributed by atoms with Gasteiger partial charge < -0.3 is 10.5 Å². The van der Waals surface area contributed by atoms with Crippen LogP contribution in [-0.4, -0.2) is 30.2 Å². The molecule has 2 atom stereocenters. The van der Waals surface area contributed by atoms with Crippen LogP contribution in [0.2, 0.25) is 0 Å². The van der Waals surface area contributed by atoms with Crippen molar-refractivity contribution in [2.75, 3.05) is 13.1 Å². The summed E-state index contributed by atoms with van der Waals surface area (Å²) in [6.45, 7) is 7.87. The maximum absolute atomic E-state index is 5.77. The van der Waals surface area contributed by atoms with E-state index in [0.29, 0.717) is 18.8 Å². The van der Waals surface area contributed by atoms with Crippen molar-refractivity contribution in [2.45, 2.75) is 39.1 Å². The second-order valence-electron chi connectivity index (χ2n) is 4.92. The summed E-state index contributed by atoms with van der Waals surface area (Å²) in [5, 5.41) is 0. The van der Waals surface area contributed by atoms with Gasteiger partial charge in [-0.1, -0.05) is 24.3 Å². The molecule has 1 fully saturated rings. The van der Waals surface area contributed by atoms with Crippen LogP contribution < -0.4 is 5.73 Å². The van der Waals surface area contributed by atoms with Gasteiger partial charge in [0.15, 0.2) is 0 Å². The Labute approximate surface area is 104 Å². The molecule has 0 amide bonds. The Bertz CT molecular complexity index is 357. The highest BCUT2D eigenvalue weighted by molar-refractivity contribution is 5.26. The van der Waals surface area contributed by atoms with Gasteiger partial charge in [0.25, 0.3) is 0 Å². The minimum absolute atomic E-state index is 0.323. The molecule has 1 heterocycles. The van der Waals surface area contributed by atoms with Gasteiger partial charge in [-0.25, -0.2) is 0 Å². The van der Waals surface area contributed by atoms with Crippen LogP contribution in [0.3, 0.4) is 0 Å². The zero-order valence-corrected chi connectivity index (χ0v) is 10.7. The lowest BCUT2D eigenvalue weighted by molar-refractivity contribution is -0.0705. The monoisotopic (exact) mass is 234 g/mol. The standard InChI is InChI=1S/C14H22N2O/c1-11-8-16(9-12(2)17-11)10-14-6-4-3-5-13(14)7-15/h3-6,11-12H,7-10,15H2,1-2H3/t11-,12-/m0/s1. The highest BCUT2D eigenvalue weighted by Gasteiger charge is 2.22. The van der Waals surface area contributed by atoms with Crippen molar-refractivity contribution < 1.29 is 4.74 Å². The summed E-state index contributed by atoms with van der Waals surface area (Å²) in [5.74, 6) is 0. The zero-order valence-electron chi connectivity index (χ0n) is 10.7. The van der Waals surface area contributed by atoms with E-state index in [1.807, 2.05) is 0 Å². The van der Waals surface area contributed by atoms with Crippen LogP contribution in [0.1, 0.15) is 25.0 Å². The largest absolute Gasteiger partial charge is 0.373 e. The smallest absolute Gasteiger partial charge is 0.0678 e. The quantitative estimate of drug-likeness (QED) is 0.866. The van der Waals surface area contributed by atoms with Crippen LogP contribution in [0, 0.1) is 0 Å². The van der Waals surface area contributed by atoms with E-state index in [4.69, 9.17) is 10.5 Å². The van der Waals surface area contributed by atoms with Crippen LogP contribution >= 0.6 is 0 Å². The Morgan fingerprint density at radius 2 is 1.76 bits per heavy atom. The van der Waals surface area contributed by atoms with Gasteiger partial charge in [-0.15, -0.1) is 0 Å². The SMILES string of the molecule is C[C@H]1CN(Cc2ccccc2CN)C[C@H](C)O1. The lowest BCUT2D eigenvalue weighted by Gasteiger charge is -2.35. The Morgan fingerprint density at radius 1 is 1.18 bits per heavy atom. The fourth-order valence-corrected chi connectivity index (χ4v) is 2.57. The van der Waals surface area contributed by atoms with Crippen LogP contribution in [-0.2, 0) is 17.8 Å². The molecular weight excluding hydrogens is 212 g/mol. The van der Waals surface area contributed by atoms with Gasteiger partial charge in [0, 0.05) is 26.2 Å². The number of benzene rings is 1. The number of nitrogens with zero attached hydrogens (tertiary/aromatic N) is 1. The van der Waals surface area contributed by atoms with Gasteiger partial charge in [0.1, 0.15) is 0 Å². The van der Waals surface area contributed by atoms with Gasteiger partial charge in [0.05, 0.1) is 12.2 Å². The predicted molar refractivity (Wildman–Crippen MR) is 69.6 cm³/mol. The number of hydrogen-bond donors (Lipinski definition) is 1. The minimum Gasteiger partial charge on any atom is -0.373 e. The Kier molecular flexibility index (Phi) is 4.15. The van der Waals surface area contributed by atoms with Crippen molar-refractivity contribution in [3.8, 4) is 0 Å². The second-order valence-corrected chi connectivity index (χ2v) is 4.92. The van der Waals surface area contributed by atoms with E-state index in [2.05, 4.69) is 43.0 Å². The van der Waals surface area contributed by atoms with Crippen molar-refractivity contribution >= 4 is 0 Å². The fraction of sp³-hybridized carbons (Fsp3) is 0.571. The average molecular weight is 234 g/mol. The molecule has 2 N–H and O–H groups in total. The van der Waals surface area contributed by atoms with E-state index < -0.39 is 0 Å². The van der Waals surface area contributed by atoms with Crippen molar-refractivity contribution in [2.24, 2.45) is 5.73 Å². The van der Waals surface area contributed by atoms with E-state index >= 15 is 0 Å². The van der Waals surface area contributed by atoms with E-state index in [1.54, 1.807) is 0 Å². The highest BCUT2D eigenvalue weighted by Crippen LogP contribution is 2.16. The lowest BCUT2D eigenvalue weighted by atomic mass is 10.1.